The minimum absolute atomic E-state index is 0.0496. The summed E-state index contributed by atoms with van der Waals surface area (Å²) in [7, 11) is 1.78. The van der Waals surface area contributed by atoms with Gasteiger partial charge in [0, 0.05) is 17.5 Å². The van der Waals surface area contributed by atoms with Crippen LogP contribution in [0.2, 0.25) is 0 Å². The van der Waals surface area contributed by atoms with Crippen LogP contribution in [0.3, 0.4) is 0 Å². The molecule has 6 heteroatoms. The highest BCUT2D eigenvalue weighted by Gasteiger charge is 2.19. The molecule has 0 bridgehead atoms. The second-order valence-electron chi connectivity index (χ2n) is 5.43. The zero-order valence-electron chi connectivity index (χ0n) is 13.2. The van der Waals surface area contributed by atoms with Gasteiger partial charge >= 0.3 is 0 Å². The van der Waals surface area contributed by atoms with Crippen molar-refractivity contribution in [2.24, 2.45) is 0 Å². The Morgan fingerprint density at radius 1 is 1.33 bits per heavy atom. The number of nitrogens with one attached hydrogen (secondary N) is 2. The molecule has 1 atom stereocenters. The fourth-order valence-electron chi connectivity index (χ4n) is 1.84. The molecule has 0 unspecified atom stereocenters. The van der Waals surface area contributed by atoms with Crippen LogP contribution in [0.4, 0.5) is 0 Å². The summed E-state index contributed by atoms with van der Waals surface area (Å²) < 4.78 is 0. The molecule has 1 heterocycles. The quantitative estimate of drug-likeness (QED) is 0.759. The van der Waals surface area contributed by atoms with Crippen molar-refractivity contribution < 1.29 is 9.59 Å². The number of nitrogens with zero attached hydrogens (tertiary/aromatic N) is 1. The molecule has 0 aliphatic rings. The Hall–Kier alpha value is -1.40. The van der Waals surface area contributed by atoms with Crippen LogP contribution in [0.5, 0.6) is 0 Å². The molecule has 0 saturated carbocycles. The largest absolute Gasteiger partial charge is 0.354 e. The van der Waals surface area contributed by atoms with E-state index in [1.807, 2.05) is 32.2 Å². The second kappa shape index (κ2) is 8.79. The molecule has 118 valence electrons. The van der Waals surface area contributed by atoms with Gasteiger partial charge in [-0.1, -0.05) is 6.07 Å². The summed E-state index contributed by atoms with van der Waals surface area (Å²) in [6.45, 7) is 6.48. The number of carbonyl (C=O) groups is 2. The van der Waals surface area contributed by atoms with Crippen LogP contribution in [-0.4, -0.2) is 48.9 Å². The summed E-state index contributed by atoms with van der Waals surface area (Å²) in [5, 5.41) is 7.76. The topological polar surface area (TPSA) is 61.4 Å². The van der Waals surface area contributed by atoms with Gasteiger partial charge < -0.3 is 10.6 Å². The van der Waals surface area contributed by atoms with Gasteiger partial charge in [-0.05, 0) is 45.7 Å². The van der Waals surface area contributed by atoms with E-state index in [1.165, 1.54) is 4.88 Å². The lowest BCUT2D eigenvalue weighted by Crippen LogP contribution is -2.48. The lowest BCUT2D eigenvalue weighted by molar-refractivity contribution is -0.127. The van der Waals surface area contributed by atoms with Crippen molar-refractivity contribution in [1.29, 1.82) is 0 Å². The SMILES string of the molecule is CC(C)NC(=O)CN(C)[C@@H](C)C(=O)NCCc1cccs1. The standard InChI is InChI=1S/C15H25N3O2S/c1-11(2)17-14(19)10-18(4)12(3)15(20)16-8-7-13-6-5-9-21-13/h5-6,9,11-12H,7-8,10H2,1-4H3,(H,16,20)(H,17,19)/t12-/m0/s1. The van der Waals surface area contributed by atoms with Crippen molar-refractivity contribution in [3.63, 3.8) is 0 Å². The Labute approximate surface area is 130 Å². The van der Waals surface area contributed by atoms with Crippen LogP contribution in [-0.2, 0) is 16.0 Å². The van der Waals surface area contributed by atoms with Crippen molar-refractivity contribution in [3.05, 3.63) is 22.4 Å². The van der Waals surface area contributed by atoms with E-state index in [4.69, 9.17) is 0 Å². The molecule has 0 radical (unpaired) electrons. The third-order valence-electron chi connectivity index (χ3n) is 3.13. The number of thiophene rings is 1. The van der Waals surface area contributed by atoms with Gasteiger partial charge in [-0.25, -0.2) is 0 Å². The van der Waals surface area contributed by atoms with E-state index in [2.05, 4.69) is 16.7 Å². The summed E-state index contributed by atoms with van der Waals surface area (Å²) in [5.74, 6) is -0.114. The van der Waals surface area contributed by atoms with Crippen LogP contribution < -0.4 is 10.6 Å². The molecule has 0 aliphatic heterocycles. The van der Waals surface area contributed by atoms with E-state index < -0.39 is 0 Å². The Balaban J connectivity index is 2.30. The average Bonchev–Trinajstić information content (AvgIpc) is 2.89. The number of rotatable bonds is 8. The number of hydrogen-bond donors (Lipinski definition) is 2. The number of likely N-dealkylation sites (N-methyl/N-ethyl adjacent to an activating group) is 1. The van der Waals surface area contributed by atoms with Gasteiger partial charge in [-0.3, -0.25) is 14.5 Å². The molecule has 2 N–H and O–H groups in total. The lowest BCUT2D eigenvalue weighted by Gasteiger charge is -2.23. The predicted octanol–water partition coefficient (Wildman–Crippen LogP) is 1.25. The van der Waals surface area contributed by atoms with E-state index >= 15 is 0 Å². The van der Waals surface area contributed by atoms with Crippen LogP contribution in [0.1, 0.15) is 25.6 Å². The lowest BCUT2D eigenvalue weighted by atomic mass is 10.2. The van der Waals surface area contributed by atoms with Crippen LogP contribution >= 0.6 is 11.3 Å². The molecule has 5 nitrogen and oxygen atoms in total. The zero-order valence-corrected chi connectivity index (χ0v) is 14.0. The Morgan fingerprint density at radius 2 is 2.05 bits per heavy atom. The van der Waals surface area contributed by atoms with E-state index in [0.717, 1.165) is 6.42 Å². The average molecular weight is 311 g/mol. The summed E-state index contributed by atoms with van der Waals surface area (Å²) >= 11 is 1.69. The van der Waals surface area contributed by atoms with Gasteiger partial charge in [0.2, 0.25) is 11.8 Å². The first-order valence-electron chi connectivity index (χ1n) is 7.20. The minimum atomic E-state index is -0.328. The monoisotopic (exact) mass is 311 g/mol. The summed E-state index contributed by atoms with van der Waals surface area (Å²) in [4.78, 5) is 26.7. The van der Waals surface area contributed by atoms with E-state index in [0.29, 0.717) is 6.54 Å². The van der Waals surface area contributed by atoms with Gasteiger partial charge in [0.25, 0.3) is 0 Å². The molecule has 0 aromatic carbocycles. The van der Waals surface area contributed by atoms with Gasteiger partial charge in [0.1, 0.15) is 0 Å². The van der Waals surface area contributed by atoms with Crippen molar-refractivity contribution in [3.8, 4) is 0 Å². The summed E-state index contributed by atoms with van der Waals surface area (Å²) in [5.41, 5.74) is 0. The predicted molar refractivity (Wildman–Crippen MR) is 86.4 cm³/mol. The highest BCUT2D eigenvalue weighted by Crippen LogP contribution is 2.08. The van der Waals surface area contributed by atoms with E-state index in [9.17, 15) is 9.59 Å². The fraction of sp³-hybridized carbons (Fsp3) is 0.600. The zero-order chi connectivity index (χ0) is 15.8. The molecule has 0 aliphatic carbocycles. The molecule has 0 fully saturated rings. The molecular weight excluding hydrogens is 286 g/mol. The third kappa shape index (κ3) is 6.73. The first kappa shape index (κ1) is 17.7. The van der Waals surface area contributed by atoms with Crippen molar-refractivity contribution in [2.45, 2.75) is 39.3 Å². The van der Waals surface area contributed by atoms with Gasteiger partial charge in [0.05, 0.1) is 12.6 Å². The Bertz CT molecular complexity index is 446. The van der Waals surface area contributed by atoms with Crippen molar-refractivity contribution in [2.75, 3.05) is 20.1 Å². The Kier molecular flexibility index (Phi) is 7.39. The Morgan fingerprint density at radius 3 is 2.62 bits per heavy atom. The molecule has 1 aromatic rings. The van der Waals surface area contributed by atoms with Crippen molar-refractivity contribution >= 4 is 23.2 Å². The van der Waals surface area contributed by atoms with Crippen LogP contribution in [0.15, 0.2) is 17.5 Å². The maximum Gasteiger partial charge on any atom is 0.237 e. The van der Waals surface area contributed by atoms with Gasteiger partial charge in [0.15, 0.2) is 0 Å². The molecule has 1 aromatic heterocycles. The normalized spacial score (nSPS) is 12.5. The van der Waals surface area contributed by atoms with E-state index in [-0.39, 0.29) is 30.4 Å². The maximum absolute atomic E-state index is 12.0. The number of hydrogen-bond acceptors (Lipinski definition) is 4. The highest BCUT2D eigenvalue weighted by molar-refractivity contribution is 7.09. The van der Waals surface area contributed by atoms with Crippen LogP contribution in [0, 0.1) is 0 Å². The smallest absolute Gasteiger partial charge is 0.237 e. The highest BCUT2D eigenvalue weighted by atomic mass is 32.1. The minimum Gasteiger partial charge on any atom is -0.354 e. The molecular formula is C15H25N3O2S. The second-order valence-corrected chi connectivity index (χ2v) is 6.47. The van der Waals surface area contributed by atoms with Crippen LogP contribution in [0.25, 0.3) is 0 Å². The molecule has 0 spiro atoms. The summed E-state index contributed by atoms with van der Waals surface area (Å²) in [6, 6.07) is 3.85. The van der Waals surface area contributed by atoms with Gasteiger partial charge in [-0.2, -0.15) is 0 Å². The van der Waals surface area contributed by atoms with Gasteiger partial charge in [-0.15, -0.1) is 11.3 Å². The maximum atomic E-state index is 12.0. The molecule has 1 rings (SSSR count). The van der Waals surface area contributed by atoms with E-state index in [1.54, 1.807) is 23.3 Å². The molecule has 2 amide bonds. The fourth-order valence-corrected chi connectivity index (χ4v) is 2.55. The number of carbonyl (C=O) groups excluding carboxylic acids is 2. The first-order valence-corrected chi connectivity index (χ1v) is 8.07. The number of amides is 2. The summed E-state index contributed by atoms with van der Waals surface area (Å²) in [6.07, 6.45) is 0.841. The molecule has 21 heavy (non-hydrogen) atoms. The first-order chi connectivity index (χ1) is 9.90. The third-order valence-corrected chi connectivity index (χ3v) is 4.07. The van der Waals surface area contributed by atoms with Crippen molar-refractivity contribution in [1.82, 2.24) is 15.5 Å². The molecule has 0 saturated heterocycles.